The molecule has 0 aliphatic rings. The number of rotatable bonds is 20. The van der Waals surface area contributed by atoms with Crippen molar-refractivity contribution in [3.05, 3.63) is 114 Å². The van der Waals surface area contributed by atoms with Gasteiger partial charge in [-0.05, 0) is 85.1 Å². The van der Waals surface area contributed by atoms with E-state index in [-0.39, 0.29) is 18.3 Å². The second-order valence-corrected chi connectivity index (χ2v) is 11.4. The number of amides is 3. The molecule has 3 aromatic carbocycles. The third kappa shape index (κ3) is 13.3. The zero-order valence-corrected chi connectivity index (χ0v) is 27.4. The van der Waals surface area contributed by atoms with Crippen molar-refractivity contribution in [2.45, 2.75) is 45.0 Å². The highest BCUT2D eigenvalue weighted by Gasteiger charge is 2.11. The zero-order valence-electron chi connectivity index (χ0n) is 27.4. The number of anilines is 3. The summed E-state index contributed by atoms with van der Waals surface area (Å²) in [7, 11) is 0. The molecule has 4 aromatic rings. The van der Waals surface area contributed by atoms with Gasteiger partial charge in [0.25, 0.3) is 5.91 Å². The van der Waals surface area contributed by atoms with Crippen LogP contribution in [0, 0.1) is 0 Å². The number of nitrogens with one attached hydrogen (secondary N) is 4. The molecule has 3 amide bonds. The van der Waals surface area contributed by atoms with E-state index in [1.54, 1.807) is 60.8 Å². The third-order valence-electron chi connectivity index (χ3n) is 7.52. The molecule has 0 aliphatic heterocycles. The number of hydrogen-bond acceptors (Lipinski definition) is 9. The highest BCUT2D eigenvalue weighted by molar-refractivity contribution is 6.05. The van der Waals surface area contributed by atoms with Gasteiger partial charge in [-0.2, -0.15) is 0 Å². The van der Waals surface area contributed by atoms with Gasteiger partial charge in [0.1, 0.15) is 5.75 Å². The molecular formula is C37H45N5O7. The highest BCUT2D eigenvalue weighted by atomic mass is 16.5. The fourth-order valence-electron chi connectivity index (χ4n) is 4.92. The number of aromatic nitrogens is 1. The maximum atomic E-state index is 12.6. The Bertz CT molecular complexity index is 1610. The van der Waals surface area contributed by atoms with E-state index >= 15 is 0 Å². The second-order valence-electron chi connectivity index (χ2n) is 11.4. The lowest BCUT2D eigenvalue weighted by Crippen LogP contribution is -2.22. The first kappa shape index (κ1) is 37.0. The van der Waals surface area contributed by atoms with Gasteiger partial charge < -0.3 is 46.1 Å². The molecule has 1 atom stereocenters. The van der Waals surface area contributed by atoms with E-state index in [1.807, 2.05) is 18.2 Å². The van der Waals surface area contributed by atoms with Crippen molar-refractivity contribution in [3.8, 4) is 5.75 Å². The number of benzene rings is 3. The van der Waals surface area contributed by atoms with Crippen LogP contribution in [0.1, 0.15) is 58.8 Å². The number of carbonyl (C=O) groups excluding carboxylic acids is 2. The van der Waals surface area contributed by atoms with E-state index in [4.69, 9.17) is 9.47 Å². The van der Waals surface area contributed by atoms with Crippen molar-refractivity contribution in [2.24, 2.45) is 0 Å². The van der Waals surface area contributed by atoms with Crippen LogP contribution in [0.2, 0.25) is 0 Å². The number of ether oxygens (including phenoxy) is 2. The topological polar surface area (TPSA) is 174 Å². The summed E-state index contributed by atoms with van der Waals surface area (Å²) in [6.07, 6.45) is 6.42. The standard InChI is InChI=1S/C37H45N5O7/c43-25-30-21-28(13-14-34(30)44)35(45)24-39-15-3-1-2-4-17-48-18-19-49-26-27-8-5-10-31(20-27)41-37(47)42-33-12-6-11-32(22-33)40-36(46)29-9-7-16-38-23-29/h5-14,16,20-23,35,39,43-45H,1-4,15,17-19,24-26H2,(H,40,46)(H2,41,42,47)/t35-/m1/s1. The molecule has 0 spiro atoms. The minimum atomic E-state index is -0.703. The van der Waals surface area contributed by atoms with Gasteiger partial charge in [0.15, 0.2) is 0 Å². The Morgan fingerprint density at radius 2 is 1.51 bits per heavy atom. The summed E-state index contributed by atoms with van der Waals surface area (Å²) in [5, 5.41) is 40.9. The minimum Gasteiger partial charge on any atom is -0.508 e. The van der Waals surface area contributed by atoms with Gasteiger partial charge in [-0.1, -0.05) is 37.1 Å². The Balaban J connectivity index is 1.02. The zero-order chi connectivity index (χ0) is 34.7. The van der Waals surface area contributed by atoms with E-state index in [0.29, 0.717) is 66.7 Å². The summed E-state index contributed by atoms with van der Waals surface area (Å²) >= 11 is 0. The fraction of sp³-hybridized carbons (Fsp3) is 0.324. The van der Waals surface area contributed by atoms with Crippen LogP contribution in [0.3, 0.4) is 0 Å². The first-order chi connectivity index (χ1) is 23.9. The number of aliphatic hydroxyl groups is 2. The third-order valence-corrected chi connectivity index (χ3v) is 7.52. The maximum absolute atomic E-state index is 12.6. The fourth-order valence-corrected chi connectivity index (χ4v) is 4.92. The molecule has 12 nitrogen and oxygen atoms in total. The smallest absolute Gasteiger partial charge is 0.323 e. The molecule has 1 heterocycles. The number of hydrogen-bond donors (Lipinski definition) is 7. The predicted molar refractivity (Wildman–Crippen MR) is 189 cm³/mol. The highest BCUT2D eigenvalue weighted by Crippen LogP contribution is 2.22. The molecule has 0 fully saturated rings. The van der Waals surface area contributed by atoms with Crippen LogP contribution in [0.4, 0.5) is 21.9 Å². The van der Waals surface area contributed by atoms with Crippen LogP contribution in [-0.2, 0) is 22.7 Å². The molecule has 0 saturated heterocycles. The minimum absolute atomic E-state index is 0.0232. The molecule has 260 valence electrons. The lowest BCUT2D eigenvalue weighted by Gasteiger charge is -2.14. The molecular weight excluding hydrogens is 626 g/mol. The second kappa shape index (κ2) is 20.5. The van der Waals surface area contributed by atoms with E-state index in [0.717, 1.165) is 37.8 Å². The van der Waals surface area contributed by atoms with E-state index in [1.165, 1.54) is 12.3 Å². The van der Waals surface area contributed by atoms with Crippen LogP contribution in [0.15, 0.2) is 91.3 Å². The van der Waals surface area contributed by atoms with Gasteiger partial charge >= 0.3 is 6.03 Å². The number of nitrogens with zero attached hydrogens (tertiary/aromatic N) is 1. The SMILES string of the molecule is O=C(Nc1cccc(COCCOCCCCCCNC[C@@H](O)c2ccc(O)c(CO)c2)c1)Nc1cccc(NC(=O)c2cccnc2)c1. The average Bonchev–Trinajstić information content (AvgIpc) is 3.11. The number of unbranched alkanes of at least 4 members (excludes halogenated alkanes) is 3. The Morgan fingerprint density at radius 1 is 0.776 bits per heavy atom. The van der Waals surface area contributed by atoms with Gasteiger partial charge in [0.2, 0.25) is 0 Å². The Morgan fingerprint density at radius 3 is 2.29 bits per heavy atom. The quantitative estimate of drug-likeness (QED) is 0.0591. The number of phenols is 1. The number of pyridine rings is 1. The first-order valence-corrected chi connectivity index (χ1v) is 16.4. The molecule has 12 heteroatoms. The Hall–Kier alpha value is -4.85. The molecule has 0 unspecified atom stereocenters. The summed E-state index contributed by atoms with van der Waals surface area (Å²) in [6, 6.07) is 22.0. The summed E-state index contributed by atoms with van der Waals surface area (Å²) in [5.74, 6) is -0.269. The number of aliphatic hydroxyl groups excluding tert-OH is 2. The number of urea groups is 1. The van der Waals surface area contributed by atoms with E-state index < -0.39 is 12.1 Å². The summed E-state index contributed by atoms with van der Waals surface area (Å²) < 4.78 is 11.4. The molecule has 0 bridgehead atoms. The van der Waals surface area contributed by atoms with Crippen molar-refractivity contribution < 1.29 is 34.4 Å². The molecule has 4 rings (SSSR count). The van der Waals surface area contributed by atoms with Crippen LogP contribution < -0.4 is 21.3 Å². The van der Waals surface area contributed by atoms with E-state index in [9.17, 15) is 24.9 Å². The molecule has 0 radical (unpaired) electrons. The van der Waals surface area contributed by atoms with Crippen LogP contribution in [0.5, 0.6) is 5.75 Å². The molecule has 49 heavy (non-hydrogen) atoms. The molecule has 7 N–H and O–H groups in total. The van der Waals surface area contributed by atoms with Crippen LogP contribution >= 0.6 is 0 Å². The van der Waals surface area contributed by atoms with Crippen LogP contribution in [0.25, 0.3) is 0 Å². The van der Waals surface area contributed by atoms with Gasteiger partial charge in [0, 0.05) is 48.2 Å². The first-order valence-electron chi connectivity index (χ1n) is 16.4. The van der Waals surface area contributed by atoms with Crippen molar-refractivity contribution in [3.63, 3.8) is 0 Å². The van der Waals surface area contributed by atoms with Crippen molar-refractivity contribution in [1.29, 1.82) is 0 Å². The van der Waals surface area contributed by atoms with Gasteiger partial charge in [0.05, 0.1) is 38.1 Å². The Kier molecular flexibility index (Phi) is 15.5. The molecule has 0 aliphatic carbocycles. The largest absolute Gasteiger partial charge is 0.508 e. The lowest BCUT2D eigenvalue weighted by atomic mass is 10.1. The van der Waals surface area contributed by atoms with Gasteiger partial charge in [-0.15, -0.1) is 0 Å². The van der Waals surface area contributed by atoms with Gasteiger partial charge in [-0.25, -0.2) is 4.79 Å². The van der Waals surface area contributed by atoms with Crippen molar-refractivity contribution in [1.82, 2.24) is 10.3 Å². The molecule has 0 saturated carbocycles. The lowest BCUT2D eigenvalue weighted by molar-refractivity contribution is 0.0393. The van der Waals surface area contributed by atoms with Crippen molar-refractivity contribution >= 4 is 29.0 Å². The van der Waals surface area contributed by atoms with Crippen LogP contribution in [-0.4, -0.2) is 65.2 Å². The summed E-state index contributed by atoms with van der Waals surface area (Å²) in [4.78, 5) is 29.0. The summed E-state index contributed by atoms with van der Waals surface area (Å²) in [5.41, 5.74) is 4.10. The Labute approximate surface area is 286 Å². The van der Waals surface area contributed by atoms with E-state index in [2.05, 4.69) is 26.3 Å². The monoisotopic (exact) mass is 671 g/mol. The average molecular weight is 672 g/mol. The normalized spacial score (nSPS) is 11.6. The number of carbonyl (C=O) groups is 2. The predicted octanol–water partition coefficient (Wildman–Crippen LogP) is 5.59. The van der Waals surface area contributed by atoms with Crippen molar-refractivity contribution in [2.75, 3.05) is 48.9 Å². The number of aromatic hydroxyl groups is 1. The summed E-state index contributed by atoms with van der Waals surface area (Å²) in [6.45, 7) is 2.93. The maximum Gasteiger partial charge on any atom is 0.323 e. The molecule has 1 aromatic heterocycles. The van der Waals surface area contributed by atoms with Gasteiger partial charge in [-0.3, -0.25) is 9.78 Å².